The second-order valence-corrected chi connectivity index (χ2v) is 4.66. The summed E-state index contributed by atoms with van der Waals surface area (Å²) in [6, 6.07) is 10.3. The van der Waals surface area contributed by atoms with Gasteiger partial charge in [0.05, 0.1) is 18.8 Å². The molecule has 0 aromatic heterocycles. The van der Waals surface area contributed by atoms with E-state index in [9.17, 15) is 0 Å². The topological polar surface area (TPSA) is 21.8 Å². The zero-order chi connectivity index (χ0) is 11.9. The van der Waals surface area contributed by atoms with Crippen LogP contribution in [0.4, 0.5) is 0 Å². The standard InChI is InChI=1S/C15H22O2/c1-2-14-15(17-14)10-6-7-11-16-12-13-8-4-3-5-9-13/h3-5,8-9,14-15H,2,6-7,10-12H2,1H3/t14-,15+/m1/s1. The Kier molecular flexibility index (Phi) is 5.02. The molecule has 1 fully saturated rings. The molecular weight excluding hydrogens is 212 g/mol. The fourth-order valence-electron chi connectivity index (χ4n) is 2.11. The molecule has 0 aliphatic carbocycles. The monoisotopic (exact) mass is 234 g/mol. The zero-order valence-corrected chi connectivity index (χ0v) is 10.6. The van der Waals surface area contributed by atoms with Crippen LogP contribution in [0, 0.1) is 0 Å². The highest BCUT2D eigenvalue weighted by Crippen LogP contribution is 2.29. The Morgan fingerprint density at radius 3 is 2.65 bits per heavy atom. The predicted octanol–water partition coefficient (Wildman–Crippen LogP) is 3.55. The third-order valence-electron chi connectivity index (χ3n) is 3.23. The molecule has 0 unspecified atom stereocenters. The summed E-state index contributed by atoms with van der Waals surface area (Å²) in [5.74, 6) is 0. The minimum atomic E-state index is 0.550. The van der Waals surface area contributed by atoms with Crippen LogP contribution in [0.25, 0.3) is 0 Å². The van der Waals surface area contributed by atoms with E-state index in [0.717, 1.165) is 26.1 Å². The Balaban J connectivity index is 1.44. The van der Waals surface area contributed by atoms with E-state index in [1.807, 2.05) is 18.2 Å². The first kappa shape index (κ1) is 12.6. The van der Waals surface area contributed by atoms with Gasteiger partial charge in [0.2, 0.25) is 0 Å². The van der Waals surface area contributed by atoms with Crippen LogP contribution in [0.15, 0.2) is 30.3 Å². The SMILES string of the molecule is CC[C@H]1O[C@H]1CCCCOCc1ccccc1. The fourth-order valence-corrected chi connectivity index (χ4v) is 2.11. The van der Waals surface area contributed by atoms with E-state index in [-0.39, 0.29) is 0 Å². The van der Waals surface area contributed by atoms with Crippen molar-refractivity contribution in [1.29, 1.82) is 0 Å². The first-order chi connectivity index (χ1) is 8.40. The van der Waals surface area contributed by atoms with Gasteiger partial charge in [-0.25, -0.2) is 0 Å². The summed E-state index contributed by atoms with van der Waals surface area (Å²) < 4.78 is 11.1. The fraction of sp³-hybridized carbons (Fsp3) is 0.600. The lowest BCUT2D eigenvalue weighted by Crippen LogP contribution is -1.97. The van der Waals surface area contributed by atoms with Crippen molar-refractivity contribution in [2.24, 2.45) is 0 Å². The lowest BCUT2D eigenvalue weighted by atomic mass is 10.1. The second kappa shape index (κ2) is 6.77. The molecule has 2 atom stereocenters. The van der Waals surface area contributed by atoms with Gasteiger partial charge < -0.3 is 9.47 Å². The van der Waals surface area contributed by atoms with E-state index in [0.29, 0.717) is 12.2 Å². The molecule has 17 heavy (non-hydrogen) atoms. The van der Waals surface area contributed by atoms with Gasteiger partial charge in [-0.3, -0.25) is 0 Å². The Hall–Kier alpha value is -0.860. The maximum atomic E-state index is 5.63. The molecule has 1 aromatic rings. The molecular formula is C15H22O2. The lowest BCUT2D eigenvalue weighted by Gasteiger charge is -2.03. The molecule has 1 aromatic carbocycles. The Morgan fingerprint density at radius 1 is 1.12 bits per heavy atom. The number of rotatable bonds is 8. The summed E-state index contributed by atoms with van der Waals surface area (Å²) in [6.07, 6.45) is 5.83. The minimum Gasteiger partial charge on any atom is -0.377 e. The smallest absolute Gasteiger partial charge is 0.0841 e. The normalized spacial score (nSPS) is 22.6. The molecule has 1 aliphatic rings. The summed E-state index contributed by atoms with van der Waals surface area (Å²) in [5, 5.41) is 0. The predicted molar refractivity (Wildman–Crippen MR) is 68.9 cm³/mol. The molecule has 1 heterocycles. The number of epoxide rings is 1. The highest BCUT2D eigenvalue weighted by Gasteiger charge is 2.35. The van der Waals surface area contributed by atoms with Crippen LogP contribution in [0.1, 0.15) is 38.2 Å². The van der Waals surface area contributed by atoms with Gasteiger partial charge in [0, 0.05) is 6.61 Å². The number of hydrogen-bond donors (Lipinski definition) is 0. The third-order valence-corrected chi connectivity index (χ3v) is 3.23. The largest absolute Gasteiger partial charge is 0.377 e. The molecule has 1 saturated heterocycles. The molecule has 2 rings (SSSR count). The van der Waals surface area contributed by atoms with Crippen LogP contribution in [0.2, 0.25) is 0 Å². The zero-order valence-electron chi connectivity index (χ0n) is 10.6. The number of hydrogen-bond acceptors (Lipinski definition) is 2. The first-order valence-corrected chi connectivity index (χ1v) is 6.67. The lowest BCUT2D eigenvalue weighted by molar-refractivity contribution is 0.116. The van der Waals surface area contributed by atoms with Crippen LogP contribution in [0.3, 0.4) is 0 Å². The van der Waals surface area contributed by atoms with Crippen LogP contribution in [0.5, 0.6) is 0 Å². The van der Waals surface area contributed by atoms with Crippen LogP contribution >= 0.6 is 0 Å². The minimum absolute atomic E-state index is 0.550. The Morgan fingerprint density at radius 2 is 1.94 bits per heavy atom. The molecule has 0 bridgehead atoms. The van der Waals surface area contributed by atoms with Crippen molar-refractivity contribution in [1.82, 2.24) is 0 Å². The van der Waals surface area contributed by atoms with Gasteiger partial charge in [-0.2, -0.15) is 0 Å². The third kappa shape index (κ3) is 4.49. The van der Waals surface area contributed by atoms with Gasteiger partial charge in [-0.05, 0) is 31.2 Å². The molecule has 1 aliphatic heterocycles. The molecule has 0 spiro atoms. The van der Waals surface area contributed by atoms with E-state index >= 15 is 0 Å². The van der Waals surface area contributed by atoms with Crippen molar-refractivity contribution in [3.05, 3.63) is 35.9 Å². The quantitative estimate of drug-likeness (QED) is 0.507. The van der Waals surface area contributed by atoms with Crippen LogP contribution in [-0.2, 0) is 16.1 Å². The maximum Gasteiger partial charge on any atom is 0.0841 e. The molecule has 2 nitrogen and oxygen atoms in total. The van der Waals surface area contributed by atoms with E-state index in [1.165, 1.54) is 18.4 Å². The van der Waals surface area contributed by atoms with E-state index in [2.05, 4.69) is 19.1 Å². The molecule has 94 valence electrons. The van der Waals surface area contributed by atoms with Crippen molar-refractivity contribution in [3.8, 4) is 0 Å². The van der Waals surface area contributed by atoms with Gasteiger partial charge in [0.15, 0.2) is 0 Å². The molecule has 0 N–H and O–H groups in total. The van der Waals surface area contributed by atoms with Crippen molar-refractivity contribution >= 4 is 0 Å². The highest BCUT2D eigenvalue weighted by atomic mass is 16.6. The number of ether oxygens (including phenoxy) is 2. The second-order valence-electron chi connectivity index (χ2n) is 4.66. The molecule has 0 amide bonds. The van der Waals surface area contributed by atoms with Gasteiger partial charge in [0.25, 0.3) is 0 Å². The van der Waals surface area contributed by atoms with Gasteiger partial charge in [-0.15, -0.1) is 0 Å². The van der Waals surface area contributed by atoms with Gasteiger partial charge in [-0.1, -0.05) is 37.3 Å². The van der Waals surface area contributed by atoms with Crippen LogP contribution in [-0.4, -0.2) is 18.8 Å². The highest BCUT2D eigenvalue weighted by molar-refractivity contribution is 5.13. The van der Waals surface area contributed by atoms with E-state index in [1.54, 1.807) is 0 Å². The number of benzene rings is 1. The summed E-state index contributed by atoms with van der Waals surface area (Å²) in [5.41, 5.74) is 1.25. The maximum absolute atomic E-state index is 5.63. The van der Waals surface area contributed by atoms with Crippen molar-refractivity contribution < 1.29 is 9.47 Å². The summed E-state index contributed by atoms with van der Waals surface area (Å²) in [7, 11) is 0. The van der Waals surface area contributed by atoms with Crippen molar-refractivity contribution in [2.45, 2.75) is 51.4 Å². The van der Waals surface area contributed by atoms with E-state index < -0.39 is 0 Å². The average molecular weight is 234 g/mol. The molecule has 0 saturated carbocycles. The molecule has 2 heteroatoms. The van der Waals surface area contributed by atoms with Gasteiger partial charge >= 0.3 is 0 Å². The van der Waals surface area contributed by atoms with E-state index in [4.69, 9.17) is 9.47 Å². The Bertz CT molecular complexity index is 310. The van der Waals surface area contributed by atoms with Crippen molar-refractivity contribution in [3.63, 3.8) is 0 Å². The summed E-state index contributed by atoms with van der Waals surface area (Å²) in [4.78, 5) is 0. The van der Waals surface area contributed by atoms with Gasteiger partial charge in [0.1, 0.15) is 0 Å². The molecule has 0 radical (unpaired) electrons. The number of unbranched alkanes of at least 4 members (excludes halogenated alkanes) is 1. The average Bonchev–Trinajstić information content (AvgIpc) is 3.13. The first-order valence-electron chi connectivity index (χ1n) is 6.67. The summed E-state index contributed by atoms with van der Waals surface area (Å²) in [6.45, 7) is 3.78. The summed E-state index contributed by atoms with van der Waals surface area (Å²) >= 11 is 0. The van der Waals surface area contributed by atoms with Crippen LogP contribution < -0.4 is 0 Å². The Labute approximate surface area is 104 Å². The van der Waals surface area contributed by atoms with Crippen molar-refractivity contribution in [2.75, 3.05) is 6.61 Å².